The number of aromatic nitrogens is 2. The second-order valence-electron chi connectivity index (χ2n) is 10.1. The molecule has 9 heteroatoms. The third-order valence-corrected chi connectivity index (χ3v) is 8.12. The van der Waals surface area contributed by atoms with E-state index >= 15 is 0 Å². The highest BCUT2D eigenvalue weighted by atomic mass is 19.1. The summed E-state index contributed by atoms with van der Waals surface area (Å²) in [6.45, 7) is 7.16. The van der Waals surface area contributed by atoms with Crippen molar-refractivity contribution in [3.05, 3.63) is 68.6 Å². The molecule has 4 heterocycles. The first-order valence-corrected chi connectivity index (χ1v) is 12.6. The molecule has 2 aromatic heterocycles. The number of benzene rings is 1. The summed E-state index contributed by atoms with van der Waals surface area (Å²) in [7, 11) is 0. The van der Waals surface area contributed by atoms with Crippen LogP contribution in [0.25, 0.3) is 22.3 Å². The van der Waals surface area contributed by atoms with Crippen molar-refractivity contribution in [3.8, 4) is 11.4 Å². The van der Waals surface area contributed by atoms with Crippen molar-refractivity contribution in [1.29, 1.82) is 0 Å². The summed E-state index contributed by atoms with van der Waals surface area (Å²) in [5.41, 5.74) is 2.62. The van der Waals surface area contributed by atoms with E-state index in [4.69, 9.17) is 9.72 Å². The van der Waals surface area contributed by atoms with Crippen LogP contribution in [0.3, 0.4) is 0 Å². The molecule has 1 aromatic carbocycles. The normalized spacial score (nSPS) is 21.3. The summed E-state index contributed by atoms with van der Waals surface area (Å²) in [5, 5.41) is 15.1. The first kappa shape index (κ1) is 23.8. The highest BCUT2D eigenvalue weighted by Crippen LogP contribution is 2.45. The highest BCUT2D eigenvalue weighted by molar-refractivity contribution is 5.94. The van der Waals surface area contributed by atoms with E-state index in [-0.39, 0.29) is 60.4 Å². The Hall–Kier alpha value is -3.59. The number of aliphatic hydroxyl groups is 1. The maximum absolute atomic E-state index is 14.9. The second kappa shape index (κ2) is 8.21. The first-order valence-electron chi connectivity index (χ1n) is 12.6. The van der Waals surface area contributed by atoms with Gasteiger partial charge < -0.3 is 19.7 Å². The summed E-state index contributed by atoms with van der Waals surface area (Å²) in [6, 6.07) is 2.72. The van der Waals surface area contributed by atoms with E-state index in [2.05, 4.69) is 12.2 Å². The fourth-order valence-corrected chi connectivity index (χ4v) is 6.13. The molecule has 1 amide bonds. The molecule has 3 aromatic rings. The van der Waals surface area contributed by atoms with Gasteiger partial charge in [-0.2, -0.15) is 0 Å². The zero-order chi connectivity index (χ0) is 26.2. The number of fused-ring (bicyclic) bond motifs is 5. The van der Waals surface area contributed by atoms with Crippen LogP contribution in [0, 0.1) is 19.7 Å². The molecule has 2 atom stereocenters. The average molecular weight is 505 g/mol. The molecular weight excluding hydrogens is 477 g/mol. The number of carbonyl (C=O) groups is 2. The first-order chi connectivity index (χ1) is 17.7. The SMILES string of the molecule is [CH2]CCC(=O)N[C@H]1CCc2c(C)c(F)cc3nc4c(c1c23)Cn1c-4cc2c(c1=O)COC(=O)[C@]2(O)CC. The maximum Gasteiger partial charge on any atom is 0.343 e. The van der Waals surface area contributed by atoms with Crippen LogP contribution in [0.1, 0.15) is 72.0 Å². The number of hydrogen-bond acceptors (Lipinski definition) is 6. The topological polar surface area (TPSA) is 111 Å². The molecule has 0 fully saturated rings. The van der Waals surface area contributed by atoms with Gasteiger partial charge in [-0.25, -0.2) is 14.2 Å². The molecule has 191 valence electrons. The molecule has 0 bridgehead atoms. The van der Waals surface area contributed by atoms with E-state index in [1.807, 2.05) is 0 Å². The molecule has 1 radical (unpaired) electrons. The van der Waals surface area contributed by atoms with Gasteiger partial charge in [0, 0.05) is 29.0 Å². The van der Waals surface area contributed by atoms with Gasteiger partial charge in [-0.05, 0) is 55.4 Å². The van der Waals surface area contributed by atoms with E-state index in [1.165, 1.54) is 6.07 Å². The van der Waals surface area contributed by atoms with Crippen molar-refractivity contribution >= 4 is 22.8 Å². The molecule has 2 aliphatic heterocycles. The summed E-state index contributed by atoms with van der Waals surface area (Å²) in [6.07, 6.45) is 1.98. The van der Waals surface area contributed by atoms with Crippen molar-refractivity contribution < 1.29 is 23.8 Å². The van der Waals surface area contributed by atoms with Crippen molar-refractivity contribution in [1.82, 2.24) is 14.9 Å². The lowest BCUT2D eigenvalue weighted by Crippen LogP contribution is -2.44. The third kappa shape index (κ3) is 3.22. The largest absolute Gasteiger partial charge is 0.458 e. The maximum atomic E-state index is 14.9. The number of halogens is 1. The zero-order valence-corrected chi connectivity index (χ0v) is 20.7. The lowest BCUT2D eigenvalue weighted by atomic mass is 9.81. The molecule has 6 rings (SSSR count). The Morgan fingerprint density at radius 1 is 1.32 bits per heavy atom. The number of nitrogens with zero attached hydrogens (tertiary/aromatic N) is 2. The quantitative estimate of drug-likeness (QED) is 0.413. The highest BCUT2D eigenvalue weighted by Gasteiger charge is 2.46. The van der Waals surface area contributed by atoms with Gasteiger partial charge >= 0.3 is 5.97 Å². The predicted molar refractivity (Wildman–Crippen MR) is 133 cm³/mol. The predicted octanol–water partition coefficient (Wildman–Crippen LogP) is 3.24. The number of ether oxygens (including phenoxy) is 1. The van der Waals surface area contributed by atoms with Gasteiger partial charge in [-0.3, -0.25) is 9.59 Å². The number of carbonyl (C=O) groups excluding carboxylic acids is 2. The molecule has 0 unspecified atom stereocenters. The number of amides is 1. The Labute approximate surface area is 212 Å². The summed E-state index contributed by atoms with van der Waals surface area (Å²) in [5.74, 6) is -1.26. The van der Waals surface area contributed by atoms with Crippen LogP contribution in [-0.4, -0.2) is 26.5 Å². The fourth-order valence-electron chi connectivity index (χ4n) is 6.13. The van der Waals surface area contributed by atoms with Crippen LogP contribution < -0.4 is 10.9 Å². The van der Waals surface area contributed by atoms with Gasteiger partial charge in [-0.15, -0.1) is 0 Å². The minimum atomic E-state index is -1.93. The van der Waals surface area contributed by atoms with Gasteiger partial charge in [0.15, 0.2) is 5.60 Å². The molecular formula is C28H27FN3O5. The van der Waals surface area contributed by atoms with E-state index < -0.39 is 11.6 Å². The number of hydrogen-bond donors (Lipinski definition) is 2. The molecule has 3 aliphatic rings. The Bertz CT molecular complexity index is 1590. The van der Waals surface area contributed by atoms with Crippen molar-refractivity contribution in [2.75, 3.05) is 0 Å². The Kier molecular flexibility index (Phi) is 5.28. The van der Waals surface area contributed by atoms with Gasteiger partial charge in [0.25, 0.3) is 5.56 Å². The van der Waals surface area contributed by atoms with Crippen molar-refractivity contribution in [2.24, 2.45) is 0 Å². The van der Waals surface area contributed by atoms with Crippen LogP contribution in [0.15, 0.2) is 16.9 Å². The van der Waals surface area contributed by atoms with Crippen LogP contribution in [0.5, 0.6) is 0 Å². The average Bonchev–Trinajstić information content (AvgIpc) is 3.24. The van der Waals surface area contributed by atoms with Gasteiger partial charge in [-0.1, -0.05) is 13.8 Å². The van der Waals surface area contributed by atoms with Crippen LogP contribution in [0.2, 0.25) is 0 Å². The second-order valence-corrected chi connectivity index (χ2v) is 10.1. The van der Waals surface area contributed by atoms with Gasteiger partial charge in [0.05, 0.1) is 35.1 Å². The van der Waals surface area contributed by atoms with Gasteiger partial charge in [0.1, 0.15) is 12.4 Å². The minimum Gasteiger partial charge on any atom is -0.458 e. The Morgan fingerprint density at radius 3 is 2.84 bits per heavy atom. The summed E-state index contributed by atoms with van der Waals surface area (Å²) in [4.78, 5) is 43.5. The van der Waals surface area contributed by atoms with Crippen molar-refractivity contribution in [2.45, 2.75) is 70.7 Å². The van der Waals surface area contributed by atoms with E-state index in [0.717, 1.165) is 22.1 Å². The molecule has 0 saturated carbocycles. The van der Waals surface area contributed by atoms with Crippen LogP contribution in [0.4, 0.5) is 4.39 Å². The molecule has 0 spiro atoms. The third-order valence-electron chi connectivity index (χ3n) is 8.12. The summed E-state index contributed by atoms with van der Waals surface area (Å²) >= 11 is 0. The number of pyridine rings is 2. The van der Waals surface area contributed by atoms with Gasteiger partial charge in [0.2, 0.25) is 5.91 Å². The number of esters is 1. The summed E-state index contributed by atoms with van der Waals surface area (Å²) < 4.78 is 21.7. The smallest absolute Gasteiger partial charge is 0.343 e. The number of rotatable bonds is 4. The van der Waals surface area contributed by atoms with Crippen molar-refractivity contribution in [3.63, 3.8) is 0 Å². The Morgan fingerprint density at radius 2 is 2.11 bits per heavy atom. The van der Waals surface area contributed by atoms with E-state index in [1.54, 1.807) is 24.5 Å². The number of cyclic esters (lactones) is 1. The van der Waals surface area contributed by atoms with Crippen LogP contribution in [-0.2, 0) is 39.5 Å². The molecule has 1 aliphatic carbocycles. The lowest BCUT2D eigenvalue weighted by molar-refractivity contribution is -0.172. The lowest BCUT2D eigenvalue weighted by Gasteiger charge is -2.31. The molecule has 2 N–H and O–H groups in total. The standard InChI is InChI=1S/C28H27FN3O5/c1-4-6-22(33)30-19-8-7-14-13(3)18(29)10-20-23(14)24(19)15-11-32-21(25(15)31-20)9-17-16(26(32)34)12-37-27(35)28(17,36)5-2/h9-10,19,36H,1,4-8,11-12H2,2-3H3,(H,30,33)/t19-,28-/m0/s1. The van der Waals surface area contributed by atoms with E-state index in [9.17, 15) is 23.9 Å². The fraction of sp³-hybridized carbons (Fsp3) is 0.393. The minimum absolute atomic E-state index is 0.0409. The Balaban J connectivity index is 1.63. The zero-order valence-electron chi connectivity index (χ0n) is 20.7. The number of aryl methyl sites for hydroxylation is 1. The molecule has 8 nitrogen and oxygen atoms in total. The van der Waals surface area contributed by atoms with Crippen LogP contribution >= 0.6 is 0 Å². The van der Waals surface area contributed by atoms with E-state index in [0.29, 0.717) is 41.7 Å². The molecule has 0 saturated heterocycles. The monoisotopic (exact) mass is 504 g/mol. The molecule has 37 heavy (non-hydrogen) atoms. The number of nitrogens with one attached hydrogen (secondary N) is 1.